The summed E-state index contributed by atoms with van der Waals surface area (Å²) in [5, 5.41) is 3.90. The van der Waals surface area contributed by atoms with Crippen molar-refractivity contribution < 1.29 is 12.8 Å². The van der Waals surface area contributed by atoms with Crippen LogP contribution in [0.25, 0.3) is 0 Å². The fourth-order valence-electron chi connectivity index (χ4n) is 1.74. The number of nitrogens with two attached hydrogens (primary N) is 1. The number of halogens is 2. The maximum Gasteiger partial charge on any atom is 0.267 e. The number of benzene rings is 1. The van der Waals surface area contributed by atoms with Gasteiger partial charge in [-0.1, -0.05) is 0 Å². The van der Waals surface area contributed by atoms with Crippen molar-refractivity contribution in [2.45, 2.75) is 25.3 Å². The molecule has 0 aliphatic heterocycles. The van der Waals surface area contributed by atoms with Crippen LogP contribution in [-0.2, 0) is 16.6 Å². The molecule has 0 unspecified atom stereocenters. The number of nitrogen functional groups attached to an aromatic ring is 1. The van der Waals surface area contributed by atoms with Gasteiger partial charge in [0.2, 0.25) is 0 Å². The van der Waals surface area contributed by atoms with E-state index in [1.165, 1.54) is 23.0 Å². The van der Waals surface area contributed by atoms with Gasteiger partial charge < -0.3 is 5.73 Å². The van der Waals surface area contributed by atoms with Gasteiger partial charge in [0.15, 0.2) is 5.82 Å². The van der Waals surface area contributed by atoms with E-state index in [2.05, 4.69) is 25.8 Å². The highest BCUT2D eigenvalue weighted by molar-refractivity contribution is 9.10. The Morgan fingerprint density at radius 1 is 1.48 bits per heavy atom. The summed E-state index contributed by atoms with van der Waals surface area (Å²) in [6.07, 6.45) is 1.35. The van der Waals surface area contributed by atoms with E-state index in [4.69, 9.17) is 5.73 Å². The summed E-state index contributed by atoms with van der Waals surface area (Å²) < 4.78 is 42.1. The quantitative estimate of drug-likeness (QED) is 0.857. The number of nitrogens with zero attached hydrogens (tertiary/aromatic N) is 2. The third-order valence-corrected chi connectivity index (χ3v) is 4.87. The fraction of sp³-hybridized carbons (Fsp3) is 0.250. The third kappa shape index (κ3) is 3.18. The van der Waals surface area contributed by atoms with E-state index in [1.807, 2.05) is 6.92 Å². The minimum Gasteiger partial charge on any atom is -0.381 e. The first-order valence-corrected chi connectivity index (χ1v) is 8.33. The molecule has 1 aromatic carbocycles. The van der Waals surface area contributed by atoms with E-state index in [0.717, 1.165) is 0 Å². The molecule has 0 saturated carbocycles. The lowest BCUT2D eigenvalue weighted by atomic mass is 10.2. The molecule has 0 fully saturated rings. The molecule has 21 heavy (non-hydrogen) atoms. The van der Waals surface area contributed by atoms with Gasteiger partial charge in [-0.2, -0.15) is 5.10 Å². The number of anilines is 2. The van der Waals surface area contributed by atoms with Crippen LogP contribution in [0, 0.1) is 12.7 Å². The predicted octanol–water partition coefficient (Wildman–Crippen LogP) is 2.50. The third-order valence-electron chi connectivity index (χ3n) is 2.88. The molecule has 0 saturated heterocycles. The van der Waals surface area contributed by atoms with Crippen molar-refractivity contribution in [1.82, 2.24) is 9.78 Å². The molecule has 0 aliphatic carbocycles. The van der Waals surface area contributed by atoms with Gasteiger partial charge in [0.05, 0.1) is 10.2 Å². The van der Waals surface area contributed by atoms with Crippen LogP contribution < -0.4 is 10.5 Å². The van der Waals surface area contributed by atoms with Crippen molar-refractivity contribution in [1.29, 1.82) is 0 Å². The van der Waals surface area contributed by atoms with Crippen LogP contribution in [0.2, 0.25) is 0 Å². The molecule has 3 N–H and O–H groups in total. The zero-order valence-corrected chi connectivity index (χ0v) is 13.8. The Balaban J connectivity index is 2.42. The predicted molar refractivity (Wildman–Crippen MR) is 82.0 cm³/mol. The Morgan fingerprint density at radius 2 is 2.14 bits per heavy atom. The Kier molecular flexibility index (Phi) is 4.24. The van der Waals surface area contributed by atoms with Crippen molar-refractivity contribution in [2.24, 2.45) is 0 Å². The molecule has 2 rings (SSSR count). The van der Waals surface area contributed by atoms with Crippen LogP contribution >= 0.6 is 15.9 Å². The summed E-state index contributed by atoms with van der Waals surface area (Å²) in [5.41, 5.74) is 6.36. The van der Waals surface area contributed by atoms with E-state index < -0.39 is 15.8 Å². The summed E-state index contributed by atoms with van der Waals surface area (Å²) in [6.45, 7) is 3.92. The molecule has 0 bridgehead atoms. The van der Waals surface area contributed by atoms with Gasteiger partial charge in [-0.15, -0.1) is 0 Å². The molecule has 0 aliphatic rings. The normalized spacial score (nSPS) is 11.6. The number of aromatic nitrogens is 2. The van der Waals surface area contributed by atoms with Crippen molar-refractivity contribution in [3.8, 4) is 0 Å². The second-order valence-corrected chi connectivity index (χ2v) is 6.93. The molecule has 9 heteroatoms. The maximum absolute atomic E-state index is 13.4. The second kappa shape index (κ2) is 5.64. The monoisotopic (exact) mass is 376 g/mol. The highest BCUT2D eigenvalue weighted by Gasteiger charge is 2.22. The minimum atomic E-state index is -3.89. The summed E-state index contributed by atoms with van der Waals surface area (Å²) in [4.78, 5) is -0.107. The van der Waals surface area contributed by atoms with Crippen LogP contribution in [0.3, 0.4) is 0 Å². The van der Waals surface area contributed by atoms with Gasteiger partial charge in [-0.3, -0.25) is 9.40 Å². The topological polar surface area (TPSA) is 90.0 Å². The molecular weight excluding hydrogens is 363 g/mol. The molecule has 114 valence electrons. The smallest absolute Gasteiger partial charge is 0.267 e. The number of sulfonamides is 1. The number of aryl methyl sites for hydroxylation is 2. The standard InChI is InChI=1S/C12H14BrFN4O2S/c1-3-18-6-11(12(15)16-18)21(19,20)17-10-5-8(13)9(14)4-7(10)2/h4-6,17H,3H2,1-2H3,(H2,15,16). The average Bonchev–Trinajstić information content (AvgIpc) is 2.78. The zero-order valence-electron chi connectivity index (χ0n) is 11.4. The van der Waals surface area contributed by atoms with Gasteiger partial charge in [-0.25, -0.2) is 12.8 Å². The molecule has 1 aromatic heterocycles. The summed E-state index contributed by atoms with van der Waals surface area (Å²) in [6, 6.07) is 2.60. The highest BCUT2D eigenvalue weighted by atomic mass is 79.9. The minimum absolute atomic E-state index is 0.0804. The fourth-order valence-corrected chi connectivity index (χ4v) is 3.28. The van der Waals surface area contributed by atoms with Crippen molar-refractivity contribution in [3.05, 3.63) is 34.2 Å². The number of rotatable bonds is 4. The van der Waals surface area contributed by atoms with Crippen LogP contribution in [-0.4, -0.2) is 18.2 Å². The van der Waals surface area contributed by atoms with Gasteiger partial charge >= 0.3 is 0 Å². The van der Waals surface area contributed by atoms with E-state index in [0.29, 0.717) is 12.1 Å². The lowest BCUT2D eigenvalue weighted by Crippen LogP contribution is -2.15. The van der Waals surface area contributed by atoms with Gasteiger partial charge in [0, 0.05) is 12.7 Å². The first kappa shape index (κ1) is 15.8. The molecule has 0 atom stereocenters. The van der Waals surface area contributed by atoms with Crippen molar-refractivity contribution in [2.75, 3.05) is 10.5 Å². The molecule has 0 spiro atoms. The first-order chi connectivity index (χ1) is 9.74. The van der Waals surface area contributed by atoms with Crippen molar-refractivity contribution in [3.63, 3.8) is 0 Å². The lowest BCUT2D eigenvalue weighted by Gasteiger charge is -2.10. The number of hydrogen-bond acceptors (Lipinski definition) is 4. The van der Waals surface area contributed by atoms with E-state index in [1.54, 1.807) is 6.92 Å². The SMILES string of the molecule is CCn1cc(S(=O)(=O)Nc2cc(Br)c(F)cc2C)c(N)n1. The highest BCUT2D eigenvalue weighted by Crippen LogP contribution is 2.27. The van der Waals surface area contributed by atoms with Crippen LogP contribution in [0.5, 0.6) is 0 Å². The molecule has 0 radical (unpaired) electrons. The van der Waals surface area contributed by atoms with Crippen LogP contribution in [0.4, 0.5) is 15.9 Å². The molecule has 6 nitrogen and oxygen atoms in total. The molecule has 2 aromatic rings. The summed E-state index contributed by atoms with van der Waals surface area (Å²) >= 11 is 3.02. The van der Waals surface area contributed by atoms with Crippen LogP contribution in [0.1, 0.15) is 12.5 Å². The summed E-state index contributed by atoms with van der Waals surface area (Å²) in [5.74, 6) is -0.544. The Hall–Kier alpha value is -1.61. The number of nitrogens with one attached hydrogen (secondary N) is 1. The number of hydrogen-bond donors (Lipinski definition) is 2. The Labute approximate surface area is 130 Å². The van der Waals surface area contributed by atoms with Gasteiger partial charge in [0.1, 0.15) is 10.7 Å². The second-order valence-electron chi connectivity index (χ2n) is 4.42. The van der Waals surface area contributed by atoms with Crippen LogP contribution in [0.15, 0.2) is 27.7 Å². The maximum atomic E-state index is 13.4. The lowest BCUT2D eigenvalue weighted by molar-refractivity contribution is 0.600. The largest absolute Gasteiger partial charge is 0.381 e. The Bertz CT molecular complexity index is 789. The summed E-state index contributed by atoms with van der Waals surface area (Å²) in [7, 11) is -3.89. The van der Waals surface area contributed by atoms with E-state index >= 15 is 0 Å². The van der Waals surface area contributed by atoms with E-state index in [-0.39, 0.29) is 20.9 Å². The van der Waals surface area contributed by atoms with Gasteiger partial charge in [0.25, 0.3) is 10.0 Å². The first-order valence-electron chi connectivity index (χ1n) is 6.06. The Morgan fingerprint density at radius 3 is 2.71 bits per heavy atom. The van der Waals surface area contributed by atoms with Crippen molar-refractivity contribution >= 4 is 37.5 Å². The molecule has 0 amide bonds. The van der Waals surface area contributed by atoms with E-state index in [9.17, 15) is 12.8 Å². The average molecular weight is 377 g/mol. The van der Waals surface area contributed by atoms with Gasteiger partial charge in [-0.05, 0) is 47.5 Å². The molecular formula is C12H14BrFN4O2S. The molecule has 1 heterocycles. The zero-order chi connectivity index (χ0) is 15.8.